The second-order valence-electron chi connectivity index (χ2n) is 4.15. The van der Waals surface area contributed by atoms with Crippen LogP contribution in [0.1, 0.15) is 24.1 Å². The van der Waals surface area contributed by atoms with E-state index in [1.54, 1.807) is 0 Å². The molecule has 0 fully saturated rings. The van der Waals surface area contributed by atoms with Crippen LogP contribution >= 0.6 is 31.9 Å². The lowest BCUT2D eigenvalue weighted by molar-refractivity contribution is 0.340. The van der Waals surface area contributed by atoms with Crippen molar-refractivity contribution in [2.24, 2.45) is 5.73 Å². The summed E-state index contributed by atoms with van der Waals surface area (Å²) in [5.41, 5.74) is 8.43. The molecule has 0 spiro atoms. The first kappa shape index (κ1) is 14.6. The molecule has 0 bridgehead atoms. The molecule has 100 valence electrons. The quantitative estimate of drug-likeness (QED) is 0.831. The Labute approximate surface area is 130 Å². The lowest BCUT2D eigenvalue weighted by Gasteiger charge is -2.15. The van der Waals surface area contributed by atoms with E-state index in [-0.39, 0.29) is 6.04 Å². The summed E-state index contributed by atoms with van der Waals surface area (Å²) >= 11 is 6.99. The summed E-state index contributed by atoms with van der Waals surface area (Å²) in [7, 11) is 0. The predicted molar refractivity (Wildman–Crippen MR) is 85.5 cm³/mol. The molecule has 0 amide bonds. The average Bonchev–Trinajstić information content (AvgIpc) is 2.39. The summed E-state index contributed by atoms with van der Waals surface area (Å²) < 4.78 is 7.48. The first-order chi connectivity index (χ1) is 9.11. The summed E-state index contributed by atoms with van der Waals surface area (Å²) in [5, 5.41) is 0. The van der Waals surface area contributed by atoms with Crippen LogP contribution in [0.4, 0.5) is 0 Å². The van der Waals surface area contributed by atoms with Crippen molar-refractivity contribution in [3.05, 3.63) is 62.5 Å². The van der Waals surface area contributed by atoms with E-state index in [1.165, 1.54) is 0 Å². The molecular formula is C15H15Br2NO. The molecule has 0 aliphatic carbocycles. The summed E-state index contributed by atoms with van der Waals surface area (Å²) in [6, 6.07) is 13.8. The highest BCUT2D eigenvalue weighted by molar-refractivity contribution is 9.10. The Balaban J connectivity index is 2.28. The first-order valence-electron chi connectivity index (χ1n) is 6.05. The lowest BCUT2D eigenvalue weighted by atomic mass is 10.00. The third-order valence-electron chi connectivity index (χ3n) is 2.85. The number of halogens is 2. The maximum atomic E-state index is 6.31. The third-order valence-corrected chi connectivity index (χ3v) is 4.06. The van der Waals surface area contributed by atoms with Gasteiger partial charge < -0.3 is 10.5 Å². The van der Waals surface area contributed by atoms with Crippen LogP contribution in [0.3, 0.4) is 0 Å². The van der Waals surface area contributed by atoms with Gasteiger partial charge in [-0.15, -0.1) is 0 Å². The summed E-state index contributed by atoms with van der Waals surface area (Å²) in [5.74, 6) is 0.848. The molecule has 0 saturated heterocycles. The second-order valence-corrected chi connectivity index (χ2v) is 5.92. The smallest absolute Gasteiger partial charge is 0.120 e. The van der Waals surface area contributed by atoms with Gasteiger partial charge in [0, 0.05) is 8.95 Å². The number of nitrogens with two attached hydrogens (primary N) is 1. The van der Waals surface area contributed by atoms with Crippen LogP contribution in [0.5, 0.6) is 5.75 Å². The topological polar surface area (TPSA) is 35.2 Å². The van der Waals surface area contributed by atoms with Gasteiger partial charge in [0.1, 0.15) is 5.75 Å². The number of hydrogen-bond donors (Lipinski definition) is 1. The zero-order valence-electron chi connectivity index (χ0n) is 10.6. The van der Waals surface area contributed by atoms with Gasteiger partial charge in [-0.25, -0.2) is 0 Å². The molecule has 0 aliphatic heterocycles. The van der Waals surface area contributed by atoms with Gasteiger partial charge in [0.05, 0.1) is 12.6 Å². The van der Waals surface area contributed by atoms with Crippen LogP contribution in [-0.2, 0) is 0 Å². The third kappa shape index (κ3) is 3.59. The average molecular weight is 385 g/mol. The number of hydrogen-bond acceptors (Lipinski definition) is 2. The molecule has 1 unspecified atom stereocenters. The van der Waals surface area contributed by atoms with Crippen molar-refractivity contribution in [1.29, 1.82) is 0 Å². The molecule has 0 saturated carbocycles. The predicted octanol–water partition coefficient (Wildman–Crippen LogP) is 4.66. The SMILES string of the molecule is CCOc1ccc(C(N)c2ccc(Br)cc2)c(Br)c1. The van der Waals surface area contributed by atoms with Crippen LogP contribution in [-0.4, -0.2) is 6.61 Å². The largest absolute Gasteiger partial charge is 0.494 e. The zero-order chi connectivity index (χ0) is 13.8. The minimum atomic E-state index is -0.154. The normalized spacial score (nSPS) is 12.2. The van der Waals surface area contributed by atoms with Gasteiger partial charge in [-0.3, -0.25) is 0 Å². The minimum Gasteiger partial charge on any atom is -0.494 e. The molecule has 0 heterocycles. The molecule has 2 rings (SSSR count). The Hall–Kier alpha value is -0.840. The summed E-state index contributed by atoms with van der Waals surface area (Å²) in [6.45, 7) is 2.62. The Morgan fingerprint density at radius 2 is 1.79 bits per heavy atom. The van der Waals surface area contributed by atoms with E-state index < -0.39 is 0 Å². The summed E-state index contributed by atoms with van der Waals surface area (Å²) in [4.78, 5) is 0. The van der Waals surface area contributed by atoms with Crippen molar-refractivity contribution in [2.75, 3.05) is 6.61 Å². The molecule has 2 N–H and O–H groups in total. The van der Waals surface area contributed by atoms with Gasteiger partial charge >= 0.3 is 0 Å². The molecular weight excluding hydrogens is 370 g/mol. The van der Waals surface area contributed by atoms with E-state index in [0.29, 0.717) is 6.61 Å². The molecule has 0 aromatic heterocycles. The Bertz CT molecular complexity index is 555. The van der Waals surface area contributed by atoms with Gasteiger partial charge in [-0.1, -0.05) is 50.1 Å². The lowest BCUT2D eigenvalue weighted by Crippen LogP contribution is -2.12. The van der Waals surface area contributed by atoms with Gasteiger partial charge in [-0.2, -0.15) is 0 Å². The first-order valence-corrected chi connectivity index (χ1v) is 7.63. The van der Waals surface area contributed by atoms with Crippen LogP contribution in [0.25, 0.3) is 0 Å². The van der Waals surface area contributed by atoms with Crippen LogP contribution < -0.4 is 10.5 Å². The van der Waals surface area contributed by atoms with Crippen molar-refractivity contribution in [1.82, 2.24) is 0 Å². The molecule has 0 radical (unpaired) electrons. The number of ether oxygens (including phenoxy) is 1. The summed E-state index contributed by atoms with van der Waals surface area (Å²) in [6.07, 6.45) is 0. The highest BCUT2D eigenvalue weighted by atomic mass is 79.9. The van der Waals surface area contributed by atoms with Crippen molar-refractivity contribution in [3.63, 3.8) is 0 Å². The molecule has 2 aromatic rings. The molecule has 1 atom stereocenters. The van der Waals surface area contributed by atoms with E-state index in [2.05, 4.69) is 31.9 Å². The van der Waals surface area contributed by atoms with Crippen molar-refractivity contribution in [2.45, 2.75) is 13.0 Å². The van der Waals surface area contributed by atoms with Gasteiger partial charge in [0.2, 0.25) is 0 Å². The number of benzene rings is 2. The van der Waals surface area contributed by atoms with Crippen LogP contribution in [0.15, 0.2) is 51.4 Å². The fourth-order valence-corrected chi connectivity index (χ4v) is 2.73. The maximum Gasteiger partial charge on any atom is 0.120 e. The highest BCUT2D eigenvalue weighted by Crippen LogP contribution is 2.30. The van der Waals surface area contributed by atoms with Crippen molar-refractivity contribution < 1.29 is 4.74 Å². The fourth-order valence-electron chi connectivity index (χ4n) is 1.87. The Kier molecular flexibility index (Phi) is 5.02. The van der Waals surface area contributed by atoms with E-state index in [1.807, 2.05) is 49.4 Å². The van der Waals surface area contributed by atoms with E-state index in [9.17, 15) is 0 Å². The van der Waals surface area contributed by atoms with Crippen LogP contribution in [0, 0.1) is 0 Å². The molecule has 19 heavy (non-hydrogen) atoms. The van der Waals surface area contributed by atoms with E-state index in [4.69, 9.17) is 10.5 Å². The van der Waals surface area contributed by atoms with E-state index in [0.717, 1.165) is 25.8 Å². The molecule has 2 nitrogen and oxygen atoms in total. The monoisotopic (exact) mass is 383 g/mol. The molecule has 2 aromatic carbocycles. The molecule has 4 heteroatoms. The van der Waals surface area contributed by atoms with Crippen LogP contribution in [0.2, 0.25) is 0 Å². The van der Waals surface area contributed by atoms with Gasteiger partial charge in [0.15, 0.2) is 0 Å². The fraction of sp³-hybridized carbons (Fsp3) is 0.200. The Morgan fingerprint density at radius 1 is 1.11 bits per heavy atom. The van der Waals surface area contributed by atoms with Crippen molar-refractivity contribution >= 4 is 31.9 Å². The Morgan fingerprint density at radius 3 is 2.37 bits per heavy atom. The maximum absolute atomic E-state index is 6.31. The second kappa shape index (κ2) is 6.55. The standard InChI is InChI=1S/C15H15Br2NO/c1-2-19-12-7-8-13(14(17)9-12)15(18)10-3-5-11(16)6-4-10/h3-9,15H,2,18H2,1H3. The van der Waals surface area contributed by atoms with Gasteiger partial charge in [-0.05, 0) is 42.3 Å². The highest BCUT2D eigenvalue weighted by Gasteiger charge is 2.12. The number of rotatable bonds is 4. The molecule has 0 aliphatic rings. The van der Waals surface area contributed by atoms with Gasteiger partial charge in [0.25, 0.3) is 0 Å². The minimum absolute atomic E-state index is 0.154. The van der Waals surface area contributed by atoms with Crippen molar-refractivity contribution in [3.8, 4) is 5.75 Å². The van der Waals surface area contributed by atoms with E-state index >= 15 is 0 Å². The zero-order valence-corrected chi connectivity index (χ0v) is 13.7.